The van der Waals surface area contributed by atoms with Gasteiger partial charge in [-0.3, -0.25) is 37.3 Å². The van der Waals surface area contributed by atoms with E-state index in [-0.39, 0.29) is 25.7 Å². The number of aliphatic hydroxyl groups is 1. The maximum absolute atomic E-state index is 13.1. The second kappa shape index (κ2) is 67.5. The number of carbonyl (C=O) groups is 4. The highest BCUT2D eigenvalue weighted by Crippen LogP contribution is 2.45. The number of ether oxygens (including phenoxy) is 4. The molecule has 0 saturated carbocycles. The van der Waals surface area contributed by atoms with E-state index in [1.165, 1.54) is 205 Å². The summed E-state index contributed by atoms with van der Waals surface area (Å²) < 4.78 is 68.6. The standard InChI is InChI=1S/C77H150O17P2/c1-8-9-10-11-12-13-14-15-16-17-18-19-22-26-29-39-46-53-60-76(81)93-72(64-87-74(79)58-51-44-37-28-25-23-20-21-24-27-34-41-48-55-68(2)3)66-91-95(83,84)89-62-71(78)63-90-96(85,86)92-67-73(94-77(82)61-54-47-40-33-31-36-43-50-57-70(6)7)65-88-75(80)59-52-45-38-32-30-35-42-49-56-69(4)5/h68-73,78H,8-67H2,1-7H3,(H,83,84)(H,85,86)/t71-,72-,73-/m1/s1. The lowest BCUT2D eigenvalue weighted by Crippen LogP contribution is -2.30. The molecule has 96 heavy (non-hydrogen) atoms. The lowest BCUT2D eigenvalue weighted by atomic mass is 10.0. The van der Waals surface area contributed by atoms with Crippen molar-refractivity contribution in [3.8, 4) is 0 Å². The van der Waals surface area contributed by atoms with Gasteiger partial charge in [0, 0.05) is 25.7 Å². The third kappa shape index (κ3) is 70.5. The van der Waals surface area contributed by atoms with Gasteiger partial charge in [0.15, 0.2) is 12.2 Å². The largest absolute Gasteiger partial charge is 0.472 e. The SMILES string of the molecule is CCCCCCCCCCCCCCCCCCCCC(=O)O[C@H](COC(=O)CCCCCCCCCCCCCCCC(C)C)COP(=O)(O)OC[C@@H](O)COP(=O)(O)OC[C@@H](COC(=O)CCCCCCCCCCC(C)C)OC(=O)CCCCCCCCCCC(C)C. The average Bonchev–Trinajstić information content (AvgIpc) is 3.61. The molecular formula is C77H150O17P2. The molecule has 0 aliphatic heterocycles. The predicted octanol–water partition coefficient (Wildman–Crippen LogP) is 22.6. The van der Waals surface area contributed by atoms with Crippen molar-refractivity contribution >= 4 is 39.5 Å². The molecule has 0 spiro atoms. The molecule has 0 aromatic rings. The van der Waals surface area contributed by atoms with Crippen molar-refractivity contribution in [3.05, 3.63) is 0 Å². The van der Waals surface area contributed by atoms with Gasteiger partial charge in [-0.25, -0.2) is 9.13 Å². The van der Waals surface area contributed by atoms with Crippen LogP contribution < -0.4 is 0 Å². The number of phosphoric acid groups is 2. The Morgan fingerprint density at radius 1 is 0.281 bits per heavy atom. The molecule has 2 unspecified atom stereocenters. The van der Waals surface area contributed by atoms with E-state index in [0.717, 1.165) is 108 Å². The van der Waals surface area contributed by atoms with Gasteiger partial charge in [-0.2, -0.15) is 0 Å². The monoisotopic (exact) mass is 1410 g/mol. The molecule has 0 saturated heterocycles. The van der Waals surface area contributed by atoms with Crippen LogP contribution in [0, 0.1) is 17.8 Å². The Labute approximate surface area is 588 Å². The zero-order chi connectivity index (χ0) is 70.9. The summed E-state index contributed by atoms with van der Waals surface area (Å²) in [7, 11) is -9.91. The van der Waals surface area contributed by atoms with Crippen LogP contribution in [0.15, 0.2) is 0 Å². The second-order valence-corrected chi connectivity index (χ2v) is 32.1. The molecule has 0 fully saturated rings. The van der Waals surface area contributed by atoms with Gasteiger partial charge >= 0.3 is 39.5 Å². The van der Waals surface area contributed by atoms with Crippen LogP contribution in [0.1, 0.15) is 395 Å². The van der Waals surface area contributed by atoms with Crippen LogP contribution in [0.2, 0.25) is 0 Å². The molecule has 0 bridgehead atoms. The van der Waals surface area contributed by atoms with Crippen LogP contribution in [0.5, 0.6) is 0 Å². The van der Waals surface area contributed by atoms with Crippen molar-refractivity contribution < 1.29 is 80.2 Å². The van der Waals surface area contributed by atoms with Crippen LogP contribution in [-0.2, 0) is 65.4 Å². The topological polar surface area (TPSA) is 237 Å². The highest BCUT2D eigenvalue weighted by Gasteiger charge is 2.30. The first-order chi connectivity index (χ1) is 46.2. The average molecular weight is 1410 g/mol. The summed E-state index contributed by atoms with van der Waals surface area (Å²) in [6.45, 7) is 11.8. The van der Waals surface area contributed by atoms with Crippen molar-refractivity contribution in [2.24, 2.45) is 17.8 Å². The number of hydrogen-bond acceptors (Lipinski definition) is 15. The Bertz CT molecular complexity index is 1870. The van der Waals surface area contributed by atoms with Crippen molar-refractivity contribution in [1.82, 2.24) is 0 Å². The molecule has 0 aliphatic carbocycles. The first kappa shape index (κ1) is 94.1. The molecule has 0 heterocycles. The quantitative estimate of drug-likeness (QED) is 0.0222. The number of esters is 4. The summed E-state index contributed by atoms with van der Waals surface area (Å²) >= 11 is 0. The van der Waals surface area contributed by atoms with E-state index in [1.54, 1.807) is 0 Å². The zero-order valence-corrected chi connectivity index (χ0v) is 64.6. The van der Waals surface area contributed by atoms with Crippen LogP contribution in [0.3, 0.4) is 0 Å². The summed E-state index contributed by atoms with van der Waals surface area (Å²) in [5, 5.41) is 10.6. The predicted molar refractivity (Wildman–Crippen MR) is 391 cm³/mol. The van der Waals surface area contributed by atoms with E-state index in [4.69, 9.17) is 37.0 Å². The molecule has 0 rings (SSSR count). The van der Waals surface area contributed by atoms with Gasteiger partial charge in [0.05, 0.1) is 26.4 Å². The van der Waals surface area contributed by atoms with E-state index < -0.39 is 97.5 Å². The minimum Gasteiger partial charge on any atom is -0.462 e. The fraction of sp³-hybridized carbons (Fsp3) is 0.948. The zero-order valence-electron chi connectivity index (χ0n) is 62.8. The summed E-state index contributed by atoms with van der Waals surface area (Å²) in [5.74, 6) is 0.117. The maximum atomic E-state index is 13.1. The summed E-state index contributed by atoms with van der Waals surface area (Å²) in [4.78, 5) is 72.8. The molecule has 0 aromatic heterocycles. The Hall–Kier alpha value is -1.94. The van der Waals surface area contributed by atoms with Crippen molar-refractivity contribution in [2.75, 3.05) is 39.6 Å². The highest BCUT2D eigenvalue weighted by atomic mass is 31.2. The third-order valence-corrected chi connectivity index (χ3v) is 19.8. The van der Waals surface area contributed by atoms with E-state index in [2.05, 4.69) is 48.5 Å². The van der Waals surface area contributed by atoms with Gasteiger partial charge < -0.3 is 33.8 Å². The fourth-order valence-corrected chi connectivity index (χ4v) is 13.4. The molecule has 17 nitrogen and oxygen atoms in total. The van der Waals surface area contributed by atoms with E-state index in [1.807, 2.05) is 0 Å². The molecule has 0 aliphatic rings. The smallest absolute Gasteiger partial charge is 0.462 e. The lowest BCUT2D eigenvalue weighted by Gasteiger charge is -2.21. The first-order valence-electron chi connectivity index (χ1n) is 39.8. The Balaban J connectivity index is 5.24. The molecule has 0 radical (unpaired) electrons. The van der Waals surface area contributed by atoms with Crippen LogP contribution in [0.25, 0.3) is 0 Å². The summed E-state index contributed by atoms with van der Waals surface area (Å²) in [6.07, 6.45) is 54.2. The molecule has 0 amide bonds. The number of carbonyl (C=O) groups excluding carboxylic acids is 4. The number of unbranched alkanes of at least 4 members (excludes halogenated alkanes) is 43. The van der Waals surface area contributed by atoms with Gasteiger partial charge in [0.1, 0.15) is 19.3 Å². The molecule has 0 aromatic carbocycles. The minimum atomic E-state index is -4.96. The van der Waals surface area contributed by atoms with Crippen LogP contribution >= 0.6 is 15.6 Å². The number of phosphoric ester groups is 2. The fourth-order valence-electron chi connectivity index (χ4n) is 11.8. The van der Waals surface area contributed by atoms with E-state index >= 15 is 0 Å². The number of aliphatic hydroxyl groups excluding tert-OH is 1. The van der Waals surface area contributed by atoms with Crippen LogP contribution in [0.4, 0.5) is 0 Å². The molecule has 19 heteroatoms. The summed E-state index contributed by atoms with van der Waals surface area (Å²) in [5.41, 5.74) is 0. The molecule has 3 N–H and O–H groups in total. The Morgan fingerprint density at radius 3 is 0.708 bits per heavy atom. The van der Waals surface area contributed by atoms with E-state index in [9.17, 15) is 43.2 Å². The van der Waals surface area contributed by atoms with Gasteiger partial charge in [0.25, 0.3) is 0 Å². The van der Waals surface area contributed by atoms with Crippen molar-refractivity contribution in [2.45, 2.75) is 414 Å². The molecule has 5 atom stereocenters. The van der Waals surface area contributed by atoms with Gasteiger partial charge in [-0.1, -0.05) is 344 Å². The minimum absolute atomic E-state index is 0.104. The molecular weight excluding hydrogens is 1260 g/mol. The Kier molecular flexibility index (Phi) is 66.2. The van der Waals surface area contributed by atoms with Gasteiger partial charge in [-0.05, 0) is 43.4 Å². The van der Waals surface area contributed by atoms with Gasteiger partial charge in [0.2, 0.25) is 0 Å². The Morgan fingerprint density at radius 2 is 0.479 bits per heavy atom. The van der Waals surface area contributed by atoms with Crippen molar-refractivity contribution in [1.29, 1.82) is 0 Å². The van der Waals surface area contributed by atoms with Gasteiger partial charge in [-0.15, -0.1) is 0 Å². The number of rotatable bonds is 75. The highest BCUT2D eigenvalue weighted by molar-refractivity contribution is 7.47. The van der Waals surface area contributed by atoms with Crippen LogP contribution in [-0.4, -0.2) is 96.7 Å². The number of hydrogen-bond donors (Lipinski definition) is 3. The second-order valence-electron chi connectivity index (χ2n) is 29.2. The first-order valence-corrected chi connectivity index (χ1v) is 42.8. The van der Waals surface area contributed by atoms with Crippen molar-refractivity contribution in [3.63, 3.8) is 0 Å². The lowest BCUT2D eigenvalue weighted by molar-refractivity contribution is -0.161. The maximum Gasteiger partial charge on any atom is 0.472 e. The van der Waals surface area contributed by atoms with E-state index in [0.29, 0.717) is 25.7 Å². The third-order valence-electron chi connectivity index (χ3n) is 17.9. The molecule has 570 valence electrons. The summed E-state index contributed by atoms with van der Waals surface area (Å²) in [6, 6.07) is 0. The normalized spacial score (nSPS) is 14.1.